The van der Waals surface area contributed by atoms with Gasteiger partial charge < -0.3 is 33.5 Å². The Bertz CT molecular complexity index is 1300. The van der Waals surface area contributed by atoms with Crippen LogP contribution in [0.2, 0.25) is 0 Å². The highest BCUT2D eigenvalue weighted by molar-refractivity contribution is 8.00. The summed E-state index contributed by atoms with van der Waals surface area (Å²) in [5.74, 6) is 3.46. The molecule has 0 aromatic heterocycles. The van der Waals surface area contributed by atoms with Gasteiger partial charge in [-0.25, -0.2) is 0 Å². The Morgan fingerprint density at radius 1 is 0.875 bits per heavy atom. The summed E-state index contributed by atoms with van der Waals surface area (Å²) >= 11 is 1.55. The molecule has 40 heavy (non-hydrogen) atoms. The lowest BCUT2D eigenvalue weighted by Crippen LogP contribution is -2.34. The number of fused-ring (bicyclic) bond motifs is 1. The monoisotopic (exact) mass is 566 g/mol. The first-order valence-electron chi connectivity index (χ1n) is 13.2. The van der Waals surface area contributed by atoms with Crippen LogP contribution in [0.25, 0.3) is 0 Å². The zero-order valence-corrected chi connectivity index (χ0v) is 24.8. The first-order chi connectivity index (χ1) is 19.4. The molecule has 0 aliphatic carbocycles. The standard InChI is InChI=1S/C31H38N2O6S/c1-21(32(2)16-18-38-23-12-14-27(36-5)28(20-23)37-6)15-17-39-26-13-11-22(35-4)19-24(26)30-31(34)33(3)25-9-7-8-10-29(25)40-30/h7-14,19-21,30H,15-18H2,1-6H3. The van der Waals surface area contributed by atoms with Gasteiger partial charge in [-0.2, -0.15) is 0 Å². The summed E-state index contributed by atoms with van der Waals surface area (Å²) in [6.45, 7) is 3.97. The van der Waals surface area contributed by atoms with Crippen LogP contribution >= 0.6 is 11.8 Å². The minimum atomic E-state index is -0.418. The zero-order valence-electron chi connectivity index (χ0n) is 24.0. The molecule has 0 bridgehead atoms. The van der Waals surface area contributed by atoms with Crippen molar-refractivity contribution in [1.29, 1.82) is 0 Å². The number of benzene rings is 3. The topological polar surface area (TPSA) is 69.7 Å². The molecule has 2 atom stereocenters. The van der Waals surface area contributed by atoms with Gasteiger partial charge in [0.2, 0.25) is 5.91 Å². The van der Waals surface area contributed by atoms with E-state index in [4.69, 9.17) is 23.7 Å². The highest BCUT2D eigenvalue weighted by Crippen LogP contribution is 2.48. The van der Waals surface area contributed by atoms with Crippen LogP contribution in [-0.2, 0) is 4.79 Å². The molecule has 3 aromatic rings. The Kier molecular flexibility index (Phi) is 10.1. The number of carbonyl (C=O) groups excluding carboxylic acids is 1. The normalized spacial score (nSPS) is 15.4. The number of likely N-dealkylation sites (N-methyl/N-ethyl adjacent to an activating group) is 2. The SMILES string of the molecule is COc1ccc(OCCC(C)N(C)CCOc2ccc(OC)c(OC)c2)c(C2Sc3ccccc3N(C)C2=O)c1. The number of thioether (sulfide) groups is 1. The van der Waals surface area contributed by atoms with Crippen molar-refractivity contribution in [2.45, 2.75) is 29.5 Å². The van der Waals surface area contributed by atoms with E-state index in [1.165, 1.54) is 0 Å². The first kappa shape index (κ1) is 29.4. The van der Waals surface area contributed by atoms with E-state index < -0.39 is 5.25 Å². The molecule has 9 heteroatoms. The first-order valence-corrected chi connectivity index (χ1v) is 14.1. The highest BCUT2D eigenvalue weighted by Gasteiger charge is 2.34. The van der Waals surface area contributed by atoms with Crippen molar-refractivity contribution in [3.8, 4) is 28.7 Å². The van der Waals surface area contributed by atoms with Crippen molar-refractivity contribution < 1.29 is 28.5 Å². The maximum Gasteiger partial charge on any atom is 0.244 e. The number of para-hydroxylation sites is 1. The fourth-order valence-corrected chi connectivity index (χ4v) is 5.79. The predicted molar refractivity (Wildman–Crippen MR) is 159 cm³/mol. The van der Waals surface area contributed by atoms with Crippen LogP contribution < -0.4 is 28.6 Å². The molecule has 1 heterocycles. The summed E-state index contributed by atoms with van der Waals surface area (Å²) in [6.07, 6.45) is 0.812. The minimum Gasteiger partial charge on any atom is -0.497 e. The molecule has 1 aliphatic heterocycles. The molecule has 0 fully saturated rings. The molecular formula is C31H38N2O6S. The highest BCUT2D eigenvalue weighted by atomic mass is 32.2. The van der Waals surface area contributed by atoms with E-state index in [0.717, 1.165) is 34.9 Å². The maximum absolute atomic E-state index is 13.4. The van der Waals surface area contributed by atoms with E-state index in [-0.39, 0.29) is 11.9 Å². The van der Waals surface area contributed by atoms with Gasteiger partial charge in [-0.05, 0) is 62.9 Å². The van der Waals surface area contributed by atoms with Gasteiger partial charge >= 0.3 is 0 Å². The van der Waals surface area contributed by atoms with Gasteiger partial charge in [-0.1, -0.05) is 12.1 Å². The molecule has 0 N–H and O–H groups in total. The molecule has 2 unspecified atom stereocenters. The fourth-order valence-electron chi connectivity index (χ4n) is 4.49. The molecule has 0 saturated carbocycles. The van der Waals surface area contributed by atoms with Crippen molar-refractivity contribution in [1.82, 2.24) is 4.90 Å². The summed E-state index contributed by atoms with van der Waals surface area (Å²) in [5.41, 5.74) is 1.74. The van der Waals surface area contributed by atoms with Crippen LogP contribution in [-0.4, -0.2) is 72.0 Å². The summed E-state index contributed by atoms with van der Waals surface area (Å²) in [4.78, 5) is 18.4. The van der Waals surface area contributed by atoms with Gasteiger partial charge in [0.05, 0.1) is 33.6 Å². The fraction of sp³-hybridized carbons (Fsp3) is 0.387. The Morgan fingerprint density at radius 3 is 2.35 bits per heavy atom. The number of anilines is 1. The number of hydrogen-bond acceptors (Lipinski definition) is 8. The third-order valence-electron chi connectivity index (χ3n) is 7.14. The van der Waals surface area contributed by atoms with E-state index in [1.54, 1.807) is 38.0 Å². The second kappa shape index (κ2) is 13.7. The minimum absolute atomic E-state index is 0.0179. The van der Waals surface area contributed by atoms with E-state index in [1.807, 2.05) is 67.7 Å². The van der Waals surface area contributed by atoms with Gasteiger partial charge in [-0.15, -0.1) is 11.8 Å². The van der Waals surface area contributed by atoms with Gasteiger partial charge in [0.15, 0.2) is 11.5 Å². The van der Waals surface area contributed by atoms with Crippen molar-refractivity contribution in [3.63, 3.8) is 0 Å². The predicted octanol–water partition coefficient (Wildman–Crippen LogP) is 5.69. The molecule has 4 rings (SSSR count). The molecule has 3 aromatic carbocycles. The molecule has 1 amide bonds. The smallest absolute Gasteiger partial charge is 0.244 e. The molecule has 0 saturated heterocycles. The quantitative estimate of drug-likeness (QED) is 0.261. The van der Waals surface area contributed by atoms with Crippen LogP contribution in [0.3, 0.4) is 0 Å². The molecule has 0 spiro atoms. The average Bonchev–Trinajstić information content (AvgIpc) is 2.98. The van der Waals surface area contributed by atoms with Gasteiger partial charge in [0, 0.05) is 36.2 Å². The van der Waals surface area contributed by atoms with E-state index in [9.17, 15) is 4.79 Å². The second-order valence-corrected chi connectivity index (χ2v) is 10.7. The molecule has 8 nitrogen and oxygen atoms in total. The number of nitrogens with zero attached hydrogens (tertiary/aromatic N) is 2. The van der Waals surface area contributed by atoms with E-state index in [0.29, 0.717) is 36.2 Å². The second-order valence-electron chi connectivity index (χ2n) is 9.60. The molecule has 1 aliphatic rings. The zero-order chi connectivity index (χ0) is 28.6. The van der Waals surface area contributed by atoms with Gasteiger partial charge in [-0.3, -0.25) is 4.79 Å². The largest absolute Gasteiger partial charge is 0.497 e. The number of methoxy groups -OCH3 is 3. The molecular weight excluding hydrogens is 528 g/mol. The van der Waals surface area contributed by atoms with Crippen molar-refractivity contribution >= 4 is 23.4 Å². The Balaban J connectivity index is 1.34. The lowest BCUT2D eigenvalue weighted by molar-refractivity contribution is -0.118. The number of amides is 1. The summed E-state index contributed by atoms with van der Waals surface area (Å²) < 4.78 is 28.3. The maximum atomic E-state index is 13.4. The summed E-state index contributed by atoms with van der Waals surface area (Å²) in [5, 5.41) is -0.418. The molecule has 214 valence electrons. The number of carbonyl (C=O) groups is 1. The van der Waals surface area contributed by atoms with Crippen LogP contribution in [0.15, 0.2) is 65.6 Å². The number of hydrogen-bond donors (Lipinski definition) is 0. The molecule has 0 radical (unpaired) electrons. The number of rotatable bonds is 13. The average molecular weight is 567 g/mol. The summed E-state index contributed by atoms with van der Waals surface area (Å²) in [7, 11) is 8.74. The van der Waals surface area contributed by atoms with Crippen LogP contribution in [0.5, 0.6) is 28.7 Å². The third kappa shape index (κ3) is 6.77. The van der Waals surface area contributed by atoms with E-state index >= 15 is 0 Å². The van der Waals surface area contributed by atoms with Crippen LogP contribution in [0, 0.1) is 0 Å². The third-order valence-corrected chi connectivity index (χ3v) is 8.43. The van der Waals surface area contributed by atoms with E-state index in [2.05, 4.69) is 18.9 Å². The summed E-state index contributed by atoms with van der Waals surface area (Å²) in [6, 6.07) is 19.4. The lowest BCUT2D eigenvalue weighted by atomic mass is 10.1. The lowest BCUT2D eigenvalue weighted by Gasteiger charge is -2.32. The van der Waals surface area contributed by atoms with Crippen molar-refractivity contribution in [2.24, 2.45) is 0 Å². The van der Waals surface area contributed by atoms with Gasteiger partial charge in [0.25, 0.3) is 0 Å². The van der Waals surface area contributed by atoms with Crippen molar-refractivity contribution in [3.05, 3.63) is 66.2 Å². The van der Waals surface area contributed by atoms with Gasteiger partial charge in [0.1, 0.15) is 29.1 Å². The Morgan fingerprint density at radius 2 is 1.60 bits per heavy atom. The van der Waals surface area contributed by atoms with Crippen LogP contribution in [0.4, 0.5) is 5.69 Å². The Labute approximate surface area is 241 Å². The number of ether oxygens (including phenoxy) is 5. The van der Waals surface area contributed by atoms with Crippen LogP contribution in [0.1, 0.15) is 24.2 Å². The Hall–Kier alpha value is -3.56. The van der Waals surface area contributed by atoms with Crippen molar-refractivity contribution in [2.75, 3.05) is 60.1 Å².